The molecule has 0 aliphatic carbocycles. The Bertz CT molecular complexity index is 438. The summed E-state index contributed by atoms with van der Waals surface area (Å²) in [5.41, 5.74) is 0. The van der Waals surface area contributed by atoms with Gasteiger partial charge >= 0.3 is 11.9 Å². The second-order valence-corrected chi connectivity index (χ2v) is 9.49. The van der Waals surface area contributed by atoms with Crippen LogP contribution >= 0.6 is 0 Å². The first-order valence-electron chi connectivity index (χ1n) is 14.1. The number of carbonyl (C=O) groups excluding carboxylic acids is 2. The van der Waals surface area contributed by atoms with Crippen LogP contribution in [0.3, 0.4) is 0 Å². The van der Waals surface area contributed by atoms with Crippen LogP contribution in [-0.4, -0.2) is 36.4 Å². The molecule has 0 heterocycles. The molecule has 0 saturated heterocycles. The van der Waals surface area contributed by atoms with Crippen LogP contribution in [0.1, 0.15) is 149 Å². The molecule has 0 amide bonds. The Labute approximate surface area is 204 Å². The second-order valence-electron chi connectivity index (χ2n) is 9.49. The van der Waals surface area contributed by atoms with Gasteiger partial charge in [0.15, 0.2) is 6.10 Å². The highest BCUT2D eigenvalue weighted by Crippen LogP contribution is 2.14. The van der Waals surface area contributed by atoms with Crippen LogP contribution in [-0.2, 0) is 19.1 Å². The van der Waals surface area contributed by atoms with Crippen molar-refractivity contribution >= 4 is 11.9 Å². The minimum absolute atomic E-state index is 0.0618. The van der Waals surface area contributed by atoms with Gasteiger partial charge in [-0.3, -0.25) is 9.59 Å². The zero-order valence-corrected chi connectivity index (χ0v) is 21.9. The number of aliphatic hydroxyl groups is 1. The van der Waals surface area contributed by atoms with Gasteiger partial charge in [-0.25, -0.2) is 0 Å². The van der Waals surface area contributed by atoms with E-state index in [0.717, 1.165) is 44.9 Å². The lowest BCUT2D eigenvalue weighted by atomic mass is 10.0. The van der Waals surface area contributed by atoms with Crippen LogP contribution < -0.4 is 0 Å². The van der Waals surface area contributed by atoms with Crippen molar-refractivity contribution in [1.82, 2.24) is 0 Å². The van der Waals surface area contributed by atoms with Gasteiger partial charge in [-0.2, -0.15) is 0 Å². The van der Waals surface area contributed by atoms with E-state index in [2.05, 4.69) is 13.8 Å². The van der Waals surface area contributed by atoms with Crippen LogP contribution in [0.5, 0.6) is 0 Å². The molecule has 0 radical (unpaired) electrons. The average Bonchev–Trinajstić information content (AvgIpc) is 2.81. The van der Waals surface area contributed by atoms with Crippen LogP contribution in [0.4, 0.5) is 0 Å². The molecule has 0 bridgehead atoms. The lowest BCUT2D eigenvalue weighted by molar-refractivity contribution is -0.161. The molecular formula is C28H54O5. The normalized spacial score (nSPS) is 12.0. The molecule has 33 heavy (non-hydrogen) atoms. The number of aliphatic hydroxyl groups excluding tert-OH is 1. The summed E-state index contributed by atoms with van der Waals surface area (Å²) >= 11 is 0. The van der Waals surface area contributed by atoms with Gasteiger partial charge in [0.25, 0.3) is 0 Å². The molecular weight excluding hydrogens is 416 g/mol. The zero-order valence-electron chi connectivity index (χ0n) is 21.9. The standard InChI is InChI=1S/C28H54O5/c1-3-5-7-9-10-11-12-13-14-15-16-17-18-19-21-23-28(31)33-26(24-29)25-32-27(30)22-20-8-6-4-2/h26,29H,3-25H2,1-2H3. The molecule has 1 atom stereocenters. The minimum Gasteiger partial charge on any atom is -0.462 e. The second kappa shape index (κ2) is 25.5. The molecule has 5 nitrogen and oxygen atoms in total. The lowest BCUT2D eigenvalue weighted by Gasteiger charge is -2.15. The third kappa shape index (κ3) is 23.8. The molecule has 0 saturated carbocycles. The average molecular weight is 471 g/mol. The number of hydrogen-bond acceptors (Lipinski definition) is 5. The summed E-state index contributed by atoms with van der Waals surface area (Å²) in [6.07, 6.45) is 23.4. The topological polar surface area (TPSA) is 72.8 Å². The van der Waals surface area contributed by atoms with E-state index >= 15 is 0 Å². The Morgan fingerprint density at radius 1 is 0.576 bits per heavy atom. The predicted octanol–water partition coefficient (Wildman–Crippen LogP) is 7.67. The van der Waals surface area contributed by atoms with E-state index in [1.165, 1.54) is 77.0 Å². The largest absolute Gasteiger partial charge is 0.462 e. The van der Waals surface area contributed by atoms with Crippen LogP contribution in [0, 0.1) is 0 Å². The summed E-state index contributed by atoms with van der Waals surface area (Å²) in [6, 6.07) is 0. The Balaban J connectivity index is 3.49. The first-order valence-corrected chi connectivity index (χ1v) is 14.1. The molecule has 0 aromatic heterocycles. The predicted molar refractivity (Wildman–Crippen MR) is 136 cm³/mol. The number of ether oxygens (including phenoxy) is 2. The number of carbonyl (C=O) groups is 2. The molecule has 0 rings (SSSR count). The SMILES string of the molecule is CCCCCCCCCCCCCCCCCC(=O)OC(CO)COC(=O)CCCCCC. The Hall–Kier alpha value is -1.10. The van der Waals surface area contributed by atoms with Crippen molar-refractivity contribution in [2.24, 2.45) is 0 Å². The molecule has 0 aromatic rings. The van der Waals surface area contributed by atoms with Crippen LogP contribution in [0.25, 0.3) is 0 Å². The fourth-order valence-corrected chi connectivity index (χ4v) is 3.96. The van der Waals surface area contributed by atoms with Crippen molar-refractivity contribution < 1.29 is 24.2 Å². The molecule has 1 N–H and O–H groups in total. The Morgan fingerprint density at radius 3 is 1.36 bits per heavy atom. The van der Waals surface area contributed by atoms with E-state index in [-0.39, 0.29) is 25.2 Å². The highest BCUT2D eigenvalue weighted by atomic mass is 16.6. The first-order chi connectivity index (χ1) is 16.1. The summed E-state index contributed by atoms with van der Waals surface area (Å²) in [6.45, 7) is 4.00. The minimum atomic E-state index is -0.756. The van der Waals surface area contributed by atoms with Gasteiger partial charge in [0.05, 0.1) is 6.61 Å². The number of esters is 2. The van der Waals surface area contributed by atoms with Gasteiger partial charge in [-0.15, -0.1) is 0 Å². The van der Waals surface area contributed by atoms with Crippen molar-refractivity contribution in [2.75, 3.05) is 13.2 Å². The molecule has 0 aliphatic heterocycles. The van der Waals surface area contributed by atoms with Crippen molar-refractivity contribution in [3.63, 3.8) is 0 Å². The molecule has 0 aliphatic rings. The van der Waals surface area contributed by atoms with Gasteiger partial charge in [-0.05, 0) is 12.8 Å². The molecule has 5 heteroatoms. The fraction of sp³-hybridized carbons (Fsp3) is 0.929. The zero-order chi connectivity index (χ0) is 24.4. The van der Waals surface area contributed by atoms with E-state index in [1.807, 2.05) is 0 Å². The van der Waals surface area contributed by atoms with Crippen molar-refractivity contribution in [3.05, 3.63) is 0 Å². The summed E-state index contributed by atoms with van der Waals surface area (Å²) in [5, 5.41) is 9.37. The quantitative estimate of drug-likeness (QED) is 0.109. The lowest BCUT2D eigenvalue weighted by Crippen LogP contribution is -2.28. The summed E-state index contributed by atoms with van der Waals surface area (Å²) in [5.74, 6) is -0.606. The van der Waals surface area contributed by atoms with E-state index in [1.54, 1.807) is 0 Å². The third-order valence-electron chi connectivity index (χ3n) is 6.15. The number of hydrogen-bond donors (Lipinski definition) is 1. The third-order valence-corrected chi connectivity index (χ3v) is 6.15. The van der Waals surface area contributed by atoms with Gasteiger partial charge in [0, 0.05) is 12.8 Å². The van der Waals surface area contributed by atoms with E-state index < -0.39 is 6.10 Å². The molecule has 0 aromatic carbocycles. The van der Waals surface area contributed by atoms with Crippen LogP contribution in [0.15, 0.2) is 0 Å². The highest BCUT2D eigenvalue weighted by Gasteiger charge is 2.16. The smallest absolute Gasteiger partial charge is 0.306 e. The van der Waals surface area contributed by atoms with E-state index in [4.69, 9.17) is 9.47 Å². The highest BCUT2D eigenvalue weighted by molar-refractivity contribution is 5.70. The molecule has 1 unspecified atom stereocenters. The van der Waals surface area contributed by atoms with Gasteiger partial charge in [0.1, 0.15) is 6.61 Å². The maximum Gasteiger partial charge on any atom is 0.306 e. The molecule has 0 spiro atoms. The summed E-state index contributed by atoms with van der Waals surface area (Å²) in [4.78, 5) is 23.7. The van der Waals surface area contributed by atoms with Crippen molar-refractivity contribution in [3.8, 4) is 0 Å². The maximum absolute atomic E-state index is 12.0. The molecule has 0 fully saturated rings. The fourth-order valence-electron chi connectivity index (χ4n) is 3.96. The summed E-state index contributed by atoms with van der Waals surface area (Å²) in [7, 11) is 0. The van der Waals surface area contributed by atoms with Crippen molar-refractivity contribution in [1.29, 1.82) is 0 Å². The van der Waals surface area contributed by atoms with Crippen LogP contribution in [0.2, 0.25) is 0 Å². The molecule has 196 valence electrons. The number of unbranched alkanes of at least 4 members (excludes halogenated alkanes) is 17. The maximum atomic E-state index is 12.0. The number of rotatable bonds is 25. The van der Waals surface area contributed by atoms with Gasteiger partial charge in [-0.1, -0.05) is 123 Å². The summed E-state index contributed by atoms with van der Waals surface area (Å²) < 4.78 is 10.4. The Morgan fingerprint density at radius 2 is 0.939 bits per heavy atom. The first kappa shape index (κ1) is 31.9. The van der Waals surface area contributed by atoms with Crippen molar-refractivity contribution in [2.45, 2.75) is 155 Å². The monoisotopic (exact) mass is 470 g/mol. The van der Waals surface area contributed by atoms with Gasteiger partial charge in [0.2, 0.25) is 0 Å². The van der Waals surface area contributed by atoms with Gasteiger partial charge < -0.3 is 14.6 Å². The van der Waals surface area contributed by atoms with E-state index in [0.29, 0.717) is 12.8 Å². The Kier molecular flexibility index (Phi) is 24.7. The van der Waals surface area contributed by atoms with E-state index in [9.17, 15) is 14.7 Å².